The van der Waals surface area contributed by atoms with Crippen molar-refractivity contribution in [3.05, 3.63) is 51.2 Å². The predicted octanol–water partition coefficient (Wildman–Crippen LogP) is 3.86. The normalized spacial score (nSPS) is 12.4. The van der Waals surface area contributed by atoms with Crippen molar-refractivity contribution in [3.63, 3.8) is 0 Å². The molecule has 0 radical (unpaired) electrons. The van der Waals surface area contributed by atoms with Crippen LogP contribution in [0.5, 0.6) is 0 Å². The molecular weight excluding hydrogens is 254 g/mol. The van der Waals surface area contributed by atoms with E-state index in [0.717, 1.165) is 21.2 Å². The lowest BCUT2D eigenvalue weighted by Gasteiger charge is -2.13. The summed E-state index contributed by atoms with van der Waals surface area (Å²) in [6, 6.07) is 9.59. The van der Waals surface area contributed by atoms with Gasteiger partial charge >= 0.3 is 0 Å². The van der Waals surface area contributed by atoms with E-state index in [4.69, 9.17) is 11.6 Å². The summed E-state index contributed by atoms with van der Waals surface area (Å²) in [7, 11) is 0. The summed E-state index contributed by atoms with van der Waals surface area (Å²) in [5.74, 6) is 0. The molecule has 2 rings (SSSR count). The van der Waals surface area contributed by atoms with Crippen LogP contribution in [0.2, 0.25) is 5.02 Å². The van der Waals surface area contributed by atoms with Crippen molar-refractivity contribution < 1.29 is 5.11 Å². The molecule has 1 aromatic heterocycles. The molecule has 0 saturated heterocycles. The zero-order chi connectivity index (χ0) is 12.3. The summed E-state index contributed by atoms with van der Waals surface area (Å²) in [6.07, 6.45) is -0.478. The number of rotatable bonds is 4. The van der Waals surface area contributed by atoms with Crippen LogP contribution in [-0.2, 0) is 0 Å². The Morgan fingerprint density at radius 2 is 2.18 bits per heavy atom. The molecule has 0 amide bonds. The van der Waals surface area contributed by atoms with Gasteiger partial charge in [0.25, 0.3) is 0 Å². The summed E-state index contributed by atoms with van der Waals surface area (Å²) in [5.41, 5.74) is 1.97. The van der Waals surface area contributed by atoms with E-state index >= 15 is 0 Å². The van der Waals surface area contributed by atoms with Crippen LogP contribution in [0.15, 0.2) is 35.7 Å². The van der Waals surface area contributed by atoms with Crippen LogP contribution < -0.4 is 5.32 Å². The first-order chi connectivity index (χ1) is 8.18. The highest BCUT2D eigenvalue weighted by Gasteiger charge is 2.09. The standard InChI is InChI=1S/C13H14ClNOS/c1-9-10(14)4-2-5-11(9)15-8-12(16)13-6-3-7-17-13/h2-7,12,15-16H,8H2,1H3. The van der Waals surface area contributed by atoms with Gasteiger partial charge in [0.15, 0.2) is 0 Å². The molecule has 17 heavy (non-hydrogen) atoms. The molecule has 4 heteroatoms. The maximum Gasteiger partial charge on any atom is 0.105 e. The van der Waals surface area contributed by atoms with Crippen molar-refractivity contribution in [3.8, 4) is 0 Å². The molecule has 0 spiro atoms. The Hall–Kier alpha value is -1.03. The molecule has 0 aliphatic carbocycles. The first-order valence-electron chi connectivity index (χ1n) is 5.39. The largest absolute Gasteiger partial charge is 0.386 e. The molecule has 2 N–H and O–H groups in total. The summed E-state index contributed by atoms with van der Waals surface area (Å²) in [5, 5.41) is 15.9. The van der Waals surface area contributed by atoms with E-state index in [0.29, 0.717) is 6.54 Å². The van der Waals surface area contributed by atoms with Crippen LogP contribution in [-0.4, -0.2) is 11.7 Å². The van der Waals surface area contributed by atoms with Gasteiger partial charge in [-0.2, -0.15) is 0 Å². The molecule has 1 heterocycles. The maximum atomic E-state index is 9.95. The van der Waals surface area contributed by atoms with Crippen molar-refractivity contribution in [2.24, 2.45) is 0 Å². The third-order valence-corrected chi connectivity index (χ3v) is 4.01. The highest BCUT2D eigenvalue weighted by atomic mass is 35.5. The molecule has 0 saturated carbocycles. The van der Waals surface area contributed by atoms with Gasteiger partial charge in [-0.05, 0) is 36.1 Å². The minimum absolute atomic E-state index is 0.478. The van der Waals surface area contributed by atoms with Gasteiger partial charge in [-0.15, -0.1) is 11.3 Å². The number of anilines is 1. The van der Waals surface area contributed by atoms with E-state index in [2.05, 4.69) is 5.32 Å². The molecule has 1 aromatic carbocycles. The fourth-order valence-corrected chi connectivity index (χ4v) is 2.47. The van der Waals surface area contributed by atoms with E-state index in [9.17, 15) is 5.11 Å². The molecular formula is C13H14ClNOS. The molecule has 2 nitrogen and oxygen atoms in total. The average Bonchev–Trinajstić information content (AvgIpc) is 2.84. The topological polar surface area (TPSA) is 32.3 Å². The minimum atomic E-state index is -0.478. The molecule has 0 bridgehead atoms. The Kier molecular flexibility index (Phi) is 4.05. The highest BCUT2D eigenvalue weighted by Crippen LogP contribution is 2.24. The van der Waals surface area contributed by atoms with E-state index in [1.807, 2.05) is 42.6 Å². The third-order valence-electron chi connectivity index (χ3n) is 2.63. The van der Waals surface area contributed by atoms with Crippen LogP contribution in [0.3, 0.4) is 0 Å². The van der Waals surface area contributed by atoms with E-state index in [1.54, 1.807) is 11.3 Å². The fourth-order valence-electron chi connectivity index (χ4n) is 1.59. The lowest BCUT2D eigenvalue weighted by molar-refractivity contribution is 0.195. The molecule has 2 aromatic rings. The highest BCUT2D eigenvalue weighted by molar-refractivity contribution is 7.10. The fraction of sp³-hybridized carbons (Fsp3) is 0.231. The van der Waals surface area contributed by atoms with Gasteiger partial charge in [-0.3, -0.25) is 0 Å². The Morgan fingerprint density at radius 1 is 1.35 bits per heavy atom. The Morgan fingerprint density at radius 3 is 2.88 bits per heavy atom. The van der Waals surface area contributed by atoms with Crippen LogP contribution in [0.25, 0.3) is 0 Å². The molecule has 90 valence electrons. The van der Waals surface area contributed by atoms with Crippen LogP contribution >= 0.6 is 22.9 Å². The number of nitrogens with one attached hydrogen (secondary N) is 1. The molecule has 0 aliphatic heterocycles. The number of benzene rings is 1. The first-order valence-corrected chi connectivity index (χ1v) is 6.64. The van der Waals surface area contributed by atoms with Gasteiger partial charge < -0.3 is 10.4 Å². The number of thiophene rings is 1. The van der Waals surface area contributed by atoms with Crippen molar-refractivity contribution in [2.75, 3.05) is 11.9 Å². The van der Waals surface area contributed by atoms with Gasteiger partial charge in [-0.25, -0.2) is 0 Å². The average molecular weight is 268 g/mol. The number of hydrogen-bond acceptors (Lipinski definition) is 3. The number of hydrogen-bond donors (Lipinski definition) is 2. The zero-order valence-electron chi connectivity index (χ0n) is 9.48. The van der Waals surface area contributed by atoms with Crippen molar-refractivity contribution in [2.45, 2.75) is 13.0 Å². The van der Waals surface area contributed by atoms with Crippen LogP contribution in [0.4, 0.5) is 5.69 Å². The minimum Gasteiger partial charge on any atom is -0.386 e. The summed E-state index contributed by atoms with van der Waals surface area (Å²) < 4.78 is 0. The molecule has 0 fully saturated rings. The number of halogens is 1. The van der Waals surface area contributed by atoms with Gasteiger partial charge in [-0.1, -0.05) is 23.7 Å². The first kappa shape index (κ1) is 12.4. The van der Waals surface area contributed by atoms with Crippen molar-refractivity contribution in [1.82, 2.24) is 0 Å². The van der Waals surface area contributed by atoms with Gasteiger partial charge in [0, 0.05) is 22.1 Å². The van der Waals surface area contributed by atoms with E-state index in [1.165, 1.54) is 0 Å². The monoisotopic (exact) mass is 267 g/mol. The van der Waals surface area contributed by atoms with E-state index < -0.39 is 6.10 Å². The van der Waals surface area contributed by atoms with Gasteiger partial charge in [0.2, 0.25) is 0 Å². The van der Waals surface area contributed by atoms with Crippen LogP contribution in [0, 0.1) is 6.92 Å². The lowest BCUT2D eigenvalue weighted by atomic mass is 10.2. The summed E-state index contributed by atoms with van der Waals surface area (Å²) in [4.78, 5) is 0.970. The molecule has 1 atom stereocenters. The van der Waals surface area contributed by atoms with Crippen molar-refractivity contribution in [1.29, 1.82) is 0 Å². The van der Waals surface area contributed by atoms with Crippen LogP contribution in [0.1, 0.15) is 16.5 Å². The quantitative estimate of drug-likeness (QED) is 0.882. The lowest BCUT2D eigenvalue weighted by Crippen LogP contribution is -2.11. The Bertz CT molecular complexity index is 484. The number of aliphatic hydroxyl groups excluding tert-OH is 1. The summed E-state index contributed by atoms with van der Waals surface area (Å²) >= 11 is 7.59. The summed E-state index contributed by atoms with van der Waals surface area (Å²) in [6.45, 7) is 2.45. The van der Waals surface area contributed by atoms with Crippen molar-refractivity contribution >= 4 is 28.6 Å². The Labute approximate surface area is 110 Å². The number of aliphatic hydroxyl groups is 1. The predicted molar refractivity (Wildman–Crippen MR) is 74.0 cm³/mol. The molecule has 1 unspecified atom stereocenters. The second-order valence-corrected chi connectivity index (χ2v) is 5.21. The smallest absolute Gasteiger partial charge is 0.105 e. The van der Waals surface area contributed by atoms with Gasteiger partial charge in [0.1, 0.15) is 6.10 Å². The Balaban J connectivity index is 2.00. The van der Waals surface area contributed by atoms with E-state index in [-0.39, 0.29) is 0 Å². The second-order valence-electron chi connectivity index (χ2n) is 3.82. The van der Waals surface area contributed by atoms with Gasteiger partial charge in [0.05, 0.1) is 0 Å². The maximum absolute atomic E-state index is 9.95. The SMILES string of the molecule is Cc1c(Cl)cccc1NCC(O)c1cccs1. The zero-order valence-corrected chi connectivity index (χ0v) is 11.1. The second kappa shape index (κ2) is 5.54. The molecule has 0 aliphatic rings. The third kappa shape index (κ3) is 3.00.